The zero-order valence-electron chi connectivity index (χ0n) is 10.4. The summed E-state index contributed by atoms with van der Waals surface area (Å²) in [6.07, 6.45) is 2.06. The van der Waals surface area contributed by atoms with E-state index in [1.165, 1.54) is 0 Å². The summed E-state index contributed by atoms with van der Waals surface area (Å²) in [5, 5.41) is 19.6. The van der Waals surface area contributed by atoms with Crippen LogP contribution in [0, 0.1) is 6.92 Å². The van der Waals surface area contributed by atoms with Crippen molar-refractivity contribution in [2.75, 3.05) is 0 Å². The van der Waals surface area contributed by atoms with Gasteiger partial charge in [-0.05, 0) is 25.0 Å². The van der Waals surface area contributed by atoms with Gasteiger partial charge in [-0.15, -0.1) is 12.4 Å². The lowest BCUT2D eigenvalue weighted by Crippen LogP contribution is -2.26. The lowest BCUT2D eigenvalue weighted by atomic mass is 9.97. The minimum atomic E-state index is -0.589. The molecule has 17 heavy (non-hydrogen) atoms. The van der Waals surface area contributed by atoms with Gasteiger partial charge in [-0.2, -0.15) is 0 Å². The maximum atomic E-state index is 9.86. The number of aryl methyl sites for hydroxylation is 1. The first-order valence-electron chi connectivity index (χ1n) is 5.79. The summed E-state index contributed by atoms with van der Waals surface area (Å²) in [6, 6.07) is 4.83. The lowest BCUT2D eigenvalue weighted by Gasteiger charge is -2.20. The van der Waals surface area contributed by atoms with Crippen molar-refractivity contribution in [1.29, 1.82) is 0 Å². The van der Waals surface area contributed by atoms with Crippen molar-refractivity contribution in [2.45, 2.75) is 45.3 Å². The highest BCUT2D eigenvalue weighted by Crippen LogP contribution is 2.27. The molecule has 0 aliphatic rings. The summed E-state index contributed by atoms with van der Waals surface area (Å²) in [5.74, 6) is 0.169. The van der Waals surface area contributed by atoms with Gasteiger partial charge < -0.3 is 15.9 Å². The van der Waals surface area contributed by atoms with Gasteiger partial charge in [-0.25, -0.2) is 0 Å². The van der Waals surface area contributed by atoms with Crippen molar-refractivity contribution in [3.63, 3.8) is 0 Å². The first kappa shape index (κ1) is 16.2. The van der Waals surface area contributed by atoms with Crippen molar-refractivity contribution in [1.82, 2.24) is 0 Å². The number of benzene rings is 1. The Labute approximate surface area is 109 Å². The zero-order valence-corrected chi connectivity index (χ0v) is 11.2. The Morgan fingerprint density at radius 2 is 2.00 bits per heavy atom. The van der Waals surface area contributed by atoms with Gasteiger partial charge >= 0.3 is 0 Å². The number of phenolic OH excluding ortho intramolecular Hbond substituents is 1. The summed E-state index contributed by atoms with van der Waals surface area (Å²) >= 11 is 0. The summed E-state index contributed by atoms with van der Waals surface area (Å²) in [5.41, 5.74) is 7.52. The molecule has 2 atom stereocenters. The number of hydrogen-bond acceptors (Lipinski definition) is 3. The van der Waals surface area contributed by atoms with Crippen LogP contribution in [0.25, 0.3) is 0 Å². The number of hydrogen-bond donors (Lipinski definition) is 3. The van der Waals surface area contributed by atoms with Crippen LogP contribution in [-0.4, -0.2) is 16.3 Å². The van der Waals surface area contributed by atoms with E-state index in [9.17, 15) is 10.2 Å². The van der Waals surface area contributed by atoms with Crippen LogP contribution in [0.1, 0.15) is 43.4 Å². The highest BCUT2D eigenvalue weighted by molar-refractivity contribution is 5.85. The number of phenols is 1. The standard InChI is InChI=1S/C13H21NO2.ClH/c1-3-4-5-11(15)13(14)10-7-6-9(2)8-12(10)16;/h6-8,11,13,15-16H,3-5,14H2,1-2H3;1H/t11-,13+;/m1./s1. The van der Waals surface area contributed by atoms with E-state index in [4.69, 9.17) is 5.73 Å². The van der Waals surface area contributed by atoms with Crippen molar-refractivity contribution < 1.29 is 10.2 Å². The van der Waals surface area contributed by atoms with Crippen LogP contribution in [0.15, 0.2) is 18.2 Å². The average molecular weight is 260 g/mol. The monoisotopic (exact) mass is 259 g/mol. The Morgan fingerprint density at radius 1 is 1.35 bits per heavy atom. The largest absolute Gasteiger partial charge is 0.508 e. The molecule has 0 bridgehead atoms. The Balaban J connectivity index is 0.00000256. The van der Waals surface area contributed by atoms with Crippen molar-refractivity contribution in [3.8, 4) is 5.75 Å². The molecule has 0 aliphatic heterocycles. The number of aromatic hydroxyl groups is 1. The van der Waals surface area contributed by atoms with Gasteiger partial charge in [0.15, 0.2) is 0 Å². The van der Waals surface area contributed by atoms with E-state index in [0.717, 1.165) is 18.4 Å². The van der Waals surface area contributed by atoms with Gasteiger partial charge in [0.25, 0.3) is 0 Å². The second kappa shape index (κ2) is 7.54. The average Bonchev–Trinajstić information content (AvgIpc) is 2.25. The third kappa shape index (κ3) is 4.54. The van der Waals surface area contributed by atoms with Crippen LogP contribution in [0.5, 0.6) is 5.75 Å². The van der Waals surface area contributed by atoms with Crippen molar-refractivity contribution in [2.24, 2.45) is 5.73 Å². The Morgan fingerprint density at radius 3 is 2.53 bits per heavy atom. The quantitative estimate of drug-likeness (QED) is 0.762. The molecule has 0 unspecified atom stereocenters. The van der Waals surface area contributed by atoms with Crippen LogP contribution < -0.4 is 5.73 Å². The van der Waals surface area contributed by atoms with E-state index in [1.807, 2.05) is 13.0 Å². The van der Waals surface area contributed by atoms with Gasteiger partial charge in [0.2, 0.25) is 0 Å². The van der Waals surface area contributed by atoms with E-state index in [1.54, 1.807) is 12.1 Å². The molecule has 0 saturated heterocycles. The van der Waals surface area contributed by atoms with Gasteiger partial charge in [0.05, 0.1) is 12.1 Å². The Bertz CT molecular complexity index is 344. The van der Waals surface area contributed by atoms with E-state index < -0.39 is 12.1 Å². The fourth-order valence-electron chi connectivity index (χ4n) is 1.74. The highest BCUT2D eigenvalue weighted by Gasteiger charge is 2.19. The van der Waals surface area contributed by atoms with Crippen LogP contribution >= 0.6 is 12.4 Å². The molecule has 0 radical (unpaired) electrons. The molecular weight excluding hydrogens is 238 g/mol. The Hall–Kier alpha value is -0.770. The van der Waals surface area contributed by atoms with Gasteiger partial charge in [0, 0.05) is 5.56 Å². The van der Waals surface area contributed by atoms with Gasteiger partial charge in [-0.3, -0.25) is 0 Å². The van der Waals surface area contributed by atoms with Crippen molar-refractivity contribution in [3.05, 3.63) is 29.3 Å². The topological polar surface area (TPSA) is 66.5 Å². The van der Waals surface area contributed by atoms with E-state index in [0.29, 0.717) is 12.0 Å². The van der Waals surface area contributed by atoms with E-state index >= 15 is 0 Å². The number of aliphatic hydroxyl groups excluding tert-OH is 1. The molecule has 0 aromatic heterocycles. The molecule has 0 spiro atoms. The molecule has 0 heterocycles. The smallest absolute Gasteiger partial charge is 0.120 e. The van der Waals surface area contributed by atoms with Crippen LogP contribution in [0.2, 0.25) is 0 Å². The normalized spacial score (nSPS) is 13.9. The first-order chi connectivity index (χ1) is 7.56. The predicted molar refractivity (Wildman–Crippen MR) is 72.6 cm³/mol. The number of unbranched alkanes of at least 4 members (excludes halogenated alkanes) is 1. The molecule has 1 aromatic rings. The fraction of sp³-hybridized carbons (Fsp3) is 0.538. The molecule has 1 aromatic carbocycles. The Kier molecular flexibility index (Phi) is 7.19. The number of nitrogens with two attached hydrogens (primary N) is 1. The summed E-state index contributed by atoms with van der Waals surface area (Å²) in [7, 11) is 0. The highest BCUT2D eigenvalue weighted by atomic mass is 35.5. The maximum absolute atomic E-state index is 9.86. The molecule has 0 amide bonds. The fourth-order valence-corrected chi connectivity index (χ4v) is 1.74. The molecule has 0 saturated carbocycles. The third-order valence-corrected chi connectivity index (χ3v) is 2.81. The molecule has 4 N–H and O–H groups in total. The lowest BCUT2D eigenvalue weighted by molar-refractivity contribution is 0.131. The number of rotatable bonds is 5. The second-order valence-electron chi connectivity index (χ2n) is 4.30. The van der Waals surface area contributed by atoms with Gasteiger partial charge in [0.1, 0.15) is 5.75 Å². The third-order valence-electron chi connectivity index (χ3n) is 2.81. The molecule has 0 aliphatic carbocycles. The first-order valence-corrected chi connectivity index (χ1v) is 5.79. The summed E-state index contributed by atoms with van der Waals surface area (Å²) in [6.45, 7) is 3.98. The second-order valence-corrected chi connectivity index (χ2v) is 4.30. The maximum Gasteiger partial charge on any atom is 0.120 e. The minimum absolute atomic E-state index is 0. The van der Waals surface area contributed by atoms with E-state index in [-0.39, 0.29) is 18.2 Å². The van der Waals surface area contributed by atoms with Crippen LogP contribution in [-0.2, 0) is 0 Å². The van der Waals surface area contributed by atoms with Crippen molar-refractivity contribution >= 4 is 12.4 Å². The predicted octanol–water partition coefficient (Wildman–Crippen LogP) is 2.67. The molecule has 98 valence electrons. The molecule has 3 nitrogen and oxygen atoms in total. The summed E-state index contributed by atoms with van der Waals surface area (Å²) < 4.78 is 0. The number of aliphatic hydroxyl groups is 1. The molecule has 1 rings (SSSR count). The van der Waals surface area contributed by atoms with Crippen LogP contribution in [0.4, 0.5) is 0 Å². The molecule has 4 heteroatoms. The van der Waals surface area contributed by atoms with Crippen LogP contribution in [0.3, 0.4) is 0 Å². The van der Waals surface area contributed by atoms with Gasteiger partial charge in [-0.1, -0.05) is 31.9 Å². The minimum Gasteiger partial charge on any atom is -0.508 e. The zero-order chi connectivity index (χ0) is 12.1. The SMILES string of the molecule is CCCC[C@@H](O)[C@@H](N)c1ccc(C)cc1O.Cl. The van der Waals surface area contributed by atoms with E-state index in [2.05, 4.69) is 6.92 Å². The number of halogens is 1. The molecular formula is C13H22ClNO2. The molecule has 0 fully saturated rings. The summed E-state index contributed by atoms with van der Waals surface area (Å²) in [4.78, 5) is 0.